The standard InChI is InChI=1S/C15H24N2O5S/c1-11(10-21-3)16-15(18)12(2)17(23(5,19)20)13-6-8-14(22-4)9-7-13/h6-9,11-12H,10H2,1-5H3,(H,16,18)/t11-,12-/m0/s1. The monoisotopic (exact) mass is 344 g/mol. The van der Waals surface area contributed by atoms with Crippen LogP contribution in [0.15, 0.2) is 24.3 Å². The van der Waals surface area contributed by atoms with Gasteiger partial charge >= 0.3 is 0 Å². The summed E-state index contributed by atoms with van der Waals surface area (Å²) < 4.78 is 35.4. The van der Waals surface area contributed by atoms with Crippen molar-refractivity contribution >= 4 is 21.6 Å². The number of amides is 1. The minimum absolute atomic E-state index is 0.216. The Morgan fingerprint density at radius 1 is 1.22 bits per heavy atom. The third-order valence-electron chi connectivity index (χ3n) is 3.22. The van der Waals surface area contributed by atoms with Gasteiger partial charge in [0.05, 0.1) is 25.7 Å². The molecular formula is C15H24N2O5S. The highest BCUT2D eigenvalue weighted by atomic mass is 32.2. The molecule has 0 aromatic heterocycles. The van der Waals surface area contributed by atoms with Crippen molar-refractivity contribution in [2.45, 2.75) is 25.9 Å². The van der Waals surface area contributed by atoms with E-state index in [0.29, 0.717) is 18.0 Å². The van der Waals surface area contributed by atoms with E-state index in [0.717, 1.165) is 10.6 Å². The molecule has 1 amide bonds. The molecule has 0 saturated heterocycles. The van der Waals surface area contributed by atoms with Crippen molar-refractivity contribution in [3.8, 4) is 5.75 Å². The summed E-state index contributed by atoms with van der Waals surface area (Å²) in [4.78, 5) is 12.3. The highest BCUT2D eigenvalue weighted by Gasteiger charge is 2.29. The Kier molecular flexibility index (Phi) is 6.83. The summed E-state index contributed by atoms with van der Waals surface area (Å²) >= 11 is 0. The molecule has 0 bridgehead atoms. The Hall–Kier alpha value is -1.80. The fourth-order valence-electron chi connectivity index (χ4n) is 2.19. The van der Waals surface area contributed by atoms with E-state index in [1.165, 1.54) is 14.2 Å². The molecule has 8 heteroatoms. The number of benzene rings is 1. The first-order chi connectivity index (χ1) is 10.7. The lowest BCUT2D eigenvalue weighted by molar-refractivity contribution is -0.122. The molecule has 1 aromatic rings. The number of rotatable bonds is 8. The first kappa shape index (κ1) is 19.2. The molecule has 1 rings (SSSR count). The molecule has 2 atom stereocenters. The number of carbonyl (C=O) groups excluding carboxylic acids is 1. The summed E-state index contributed by atoms with van der Waals surface area (Å²) in [5.41, 5.74) is 0.398. The highest BCUT2D eigenvalue weighted by molar-refractivity contribution is 7.92. The fraction of sp³-hybridized carbons (Fsp3) is 0.533. The van der Waals surface area contributed by atoms with Gasteiger partial charge in [0.15, 0.2) is 0 Å². The van der Waals surface area contributed by atoms with Gasteiger partial charge < -0.3 is 14.8 Å². The van der Waals surface area contributed by atoms with Gasteiger partial charge in [0.1, 0.15) is 11.8 Å². The molecule has 1 aromatic carbocycles. The highest BCUT2D eigenvalue weighted by Crippen LogP contribution is 2.23. The Bertz CT molecular complexity index is 615. The van der Waals surface area contributed by atoms with Crippen LogP contribution < -0.4 is 14.4 Å². The van der Waals surface area contributed by atoms with Crippen molar-refractivity contribution in [3.63, 3.8) is 0 Å². The number of carbonyl (C=O) groups is 1. The Morgan fingerprint density at radius 2 is 1.78 bits per heavy atom. The zero-order valence-electron chi connectivity index (χ0n) is 14.1. The summed E-state index contributed by atoms with van der Waals surface area (Å²) in [6, 6.07) is 5.38. The fourth-order valence-corrected chi connectivity index (χ4v) is 3.37. The Labute approximate surface area is 137 Å². The number of hydrogen-bond acceptors (Lipinski definition) is 5. The maximum atomic E-state index is 12.3. The summed E-state index contributed by atoms with van der Waals surface area (Å²) in [5.74, 6) is 0.212. The maximum absolute atomic E-state index is 12.3. The van der Waals surface area contributed by atoms with Gasteiger partial charge in [0, 0.05) is 13.2 Å². The predicted octanol–water partition coefficient (Wildman–Crippen LogP) is 1.00. The first-order valence-electron chi connectivity index (χ1n) is 7.13. The van der Waals surface area contributed by atoms with E-state index in [-0.39, 0.29) is 6.04 Å². The van der Waals surface area contributed by atoms with Crippen LogP contribution in [-0.4, -0.2) is 53.5 Å². The van der Waals surface area contributed by atoms with Crippen LogP contribution in [0.4, 0.5) is 5.69 Å². The minimum atomic E-state index is -3.63. The van der Waals surface area contributed by atoms with E-state index in [1.807, 2.05) is 0 Å². The second kappa shape index (κ2) is 8.16. The van der Waals surface area contributed by atoms with Crippen LogP contribution in [-0.2, 0) is 19.6 Å². The van der Waals surface area contributed by atoms with Gasteiger partial charge in [-0.05, 0) is 38.1 Å². The average molecular weight is 344 g/mol. The van der Waals surface area contributed by atoms with Gasteiger partial charge in [0.25, 0.3) is 0 Å². The topological polar surface area (TPSA) is 84.9 Å². The minimum Gasteiger partial charge on any atom is -0.497 e. The van der Waals surface area contributed by atoms with Crippen molar-refractivity contribution in [2.75, 3.05) is 31.4 Å². The normalized spacial score (nSPS) is 14.0. The summed E-state index contributed by atoms with van der Waals surface area (Å²) in [6.07, 6.45) is 1.07. The predicted molar refractivity (Wildman–Crippen MR) is 89.3 cm³/mol. The number of nitrogens with one attached hydrogen (secondary N) is 1. The van der Waals surface area contributed by atoms with Crippen LogP contribution >= 0.6 is 0 Å². The first-order valence-corrected chi connectivity index (χ1v) is 8.98. The van der Waals surface area contributed by atoms with Gasteiger partial charge in [-0.1, -0.05) is 0 Å². The van der Waals surface area contributed by atoms with E-state index in [1.54, 1.807) is 38.1 Å². The lowest BCUT2D eigenvalue weighted by atomic mass is 10.2. The lowest BCUT2D eigenvalue weighted by Crippen LogP contribution is -2.50. The van der Waals surface area contributed by atoms with Gasteiger partial charge in [-0.3, -0.25) is 9.10 Å². The van der Waals surface area contributed by atoms with E-state index in [9.17, 15) is 13.2 Å². The number of nitrogens with zero attached hydrogens (tertiary/aromatic N) is 1. The molecule has 0 spiro atoms. The van der Waals surface area contributed by atoms with Gasteiger partial charge in [0.2, 0.25) is 15.9 Å². The SMILES string of the molecule is COC[C@H](C)NC(=O)[C@H](C)N(c1ccc(OC)cc1)S(C)(=O)=O. The van der Waals surface area contributed by atoms with Crippen LogP contribution in [0, 0.1) is 0 Å². The van der Waals surface area contributed by atoms with Crippen molar-refractivity contribution in [2.24, 2.45) is 0 Å². The molecule has 0 heterocycles. The van der Waals surface area contributed by atoms with Crippen LogP contribution in [0.5, 0.6) is 5.75 Å². The molecule has 0 radical (unpaired) electrons. The van der Waals surface area contributed by atoms with Crippen LogP contribution in [0.1, 0.15) is 13.8 Å². The lowest BCUT2D eigenvalue weighted by Gasteiger charge is -2.29. The number of anilines is 1. The second-order valence-electron chi connectivity index (χ2n) is 5.30. The second-order valence-corrected chi connectivity index (χ2v) is 7.16. The van der Waals surface area contributed by atoms with Crippen LogP contribution in [0.3, 0.4) is 0 Å². The van der Waals surface area contributed by atoms with E-state index >= 15 is 0 Å². The van der Waals surface area contributed by atoms with Gasteiger partial charge in [-0.2, -0.15) is 0 Å². The number of ether oxygens (including phenoxy) is 2. The maximum Gasteiger partial charge on any atom is 0.243 e. The zero-order chi connectivity index (χ0) is 17.6. The molecule has 7 nitrogen and oxygen atoms in total. The van der Waals surface area contributed by atoms with Crippen molar-refractivity contribution in [1.29, 1.82) is 0 Å². The van der Waals surface area contributed by atoms with E-state index in [2.05, 4.69) is 5.32 Å². The van der Waals surface area contributed by atoms with Crippen molar-refractivity contribution < 1.29 is 22.7 Å². The summed E-state index contributed by atoms with van der Waals surface area (Å²) in [6.45, 7) is 3.67. The smallest absolute Gasteiger partial charge is 0.243 e. The van der Waals surface area contributed by atoms with Gasteiger partial charge in [-0.15, -0.1) is 0 Å². The number of sulfonamides is 1. The van der Waals surface area contributed by atoms with E-state index < -0.39 is 22.0 Å². The van der Waals surface area contributed by atoms with Gasteiger partial charge in [-0.25, -0.2) is 8.42 Å². The van der Waals surface area contributed by atoms with Crippen molar-refractivity contribution in [1.82, 2.24) is 5.32 Å². The quantitative estimate of drug-likeness (QED) is 0.760. The molecule has 0 unspecified atom stereocenters. The third-order valence-corrected chi connectivity index (χ3v) is 4.46. The molecule has 130 valence electrons. The van der Waals surface area contributed by atoms with Crippen LogP contribution in [0.2, 0.25) is 0 Å². The summed E-state index contributed by atoms with van der Waals surface area (Å²) in [7, 11) is -0.571. The largest absolute Gasteiger partial charge is 0.497 e. The number of methoxy groups -OCH3 is 2. The number of hydrogen-bond donors (Lipinski definition) is 1. The average Bonchev–Trinajstić information content (AvgIpc) is 2.46. The zero-order valence-corrected chi connectivity index (χ0v) is 14.9. The molecular weight excluding hydrogens is 320 g/mol. The molecule has 0 fully saturated rings. The molecule has 0 aliphatic heterocycles. The Balaban J connectivity index is 3.04. The molecule has 0 saturated carbocycles. The molecule has 0 aliphatic rings. The Morgan fingerprint density at radius 3 is 2.22 bits per heavy atom. The molecule has 1 N–H and O–H groups in total. The van der Waals surface area contributed by atoms with E-state index in [4.69, 9.17) is 9.47 Å². The van der Waals surface area contributed by atoms with Crippen LogP contribution in [0.25, 0.3) is 0 Å². The molecule has 0 aliphatic carbocycles. The van der Waals surface area contributed by atoms with Crippen molar-refractivity contribution in [3.05, 3.63) is 24.3 Å². The summed E-state index contributed by atoms with van der Waals surface area (Å²) in [5, 5.41) is 2.73. The molecule has 23 heavy (non-hydrogen) atoms. The third kappa shape index (κ3) is 5.40.